The van der Waals surface area contributed by atoms with Crippen LogP contribution in [0.25, 0.3) is 0 Å². The van der Waals surface area contributed by atoms with Crippen LogP contribution in [0.5, 0.6) is 0 Å². The zero-order chi connectivity index (χ0) is 10.4. The molecular formula is C12H22N2. The summed E-state index contributed by atoms with van der Waals surface area (Å²) >= 11 is 0. The molecule has 1 unspecified atom stereocenters. The molecule has 0 bridgehead atoms. The molecule has 1 rings (SSSR count). The molecule has 0 spiro atoms. The van der Waals surface area contributed by atoms with E-state index in [2.05, 4.69) is 25.2 Å². The van der Waals surface area contributed by atoms with E-state index in [1.54, 1.807) is 0 Å². The van der Waals surface area contributed by atoms with Crippen LogP contribution in [0.3, 0.4) is 0 Å². The Balaban J connectivity index is 2.45. The molecule has 1 saturated carbocycles. The summed E-state index contributed by atoms with van der Waals surface area (Å²) in [5, 5.41) is 12.5. The molecule has 1 fully saturated rings. The molecule has 14 heavy (non-hydrogen) atoms. The van der Waals surface area contributed by atoms with Crippen LogP contribution in [0.2, 0.25) is 0 Å². The fraction of sp³-hybridized carbons (Fsp3) is 0.917. The minimum atomic E-state index is 0.0769. The zero-order valence-corrected chi connectivity index (χ0v) is 9.42. The highest BCUT2D eigenvalue weighted by atomic mass is 14.9. The Bertz CT molecular complexity index is 185. The molecule has 0 aromatic carbocycles. The van der Waals surface area contributed by atoms with E-state index in [9.17, 15) is 0 Å². The van der Waals surface area contributed by atoms with Gasteiger partial charge in [-0.1, -0.05) is 25.7 Å². The highest BCUT2D eigenvalue weighted by molar-refractivity contribution is 4.96. The molecule has 0 saturated heterocycles. The van der Waals surface area contributed by atoms with E-state index in [-0.39, 0.29) is 6.04 Å². The van der Waals surface area contributed by atoms with Gasteiger partial charge in [-0.3, -0.25) is 5.32 Å². The van der Waals surface area contributed by atoms with Gasteiger partial charge in [-0.25, -0.2) is 0 Å². The SMILES string of the molecule is CC(C)NC(C#N)C1CCCCCC1. The number of rotatable bonds is 3. The Kier molecular flexibility index (Phi) is 4.97. The van der Waals surface area contributed by atoms with Gasteiger partial charge >= 0.3 is 0 Å². The number of hydrogen-bond acceptors (Lipinski definition) is 2. The van der Waals surface area contributed by atoms with Crippen LogP contribution in [0.4, 0.5) is 0 Å². The number of nitrogens with zero attached hydrogens (tertiary/aromatic N) is 1. The van der Waals surface area contributed by atoms with Crippen LogP contribution in [-0.4, -0.2) is 12.1 Å². The molecular weight excluding hydrogens is 172 g/mol. The van der Waals surface area contributed by atoms with Gasteiger partial charge in [-0.05, 0) is 32.6 Å². The van der Waals surface area contributed by atoms with E-state index >= 15 is 0 Å². The summed E-state index contributed by atoms with van der Waals surface area (Å²) in [6.45, 7) is 4.22. The Morgan fingerprint density at radius 1 is 1.14 bits per heavy atom. The third-order valence-corrected chi connectivity index (χ3v) is 3.02. The van der Waals surface area contributed by atoms with E-state index < -0.39 is 0 Å². The second-order valence-corrected chi connectivity index (χ2v) is 4.68. The molecule has 0 heterocycles. The van der Waals surface area contributed by atoms with Crippen LogP contribution in [0.1, 0.15) is 52.4 Å². The summed E-state index contributed by atoms with van der Waals surface area (Å²) in [7, 11) is 0. The van der Waals surface area contributed by atoms with Gasteiger partial charge in [0, 0.05) is 6.04 Å². The average Bonchev–Trinajstić information content (AvgIpc) is 2.41. The van der Waals surface area contributed by atoms with Gasteiger partial charge in [0.2, 0.25) is 0 Å². The van der Waals surface area contributed by atoms with Crippen LogP contribution >= 0.6 is 0 Å². The molecule has 1 N–H and O–H groups in total. The minimum Gasteiger partial charge on any atom is -0.299 e. The maximum atomic E-state index is 9.11. The molecule has 1 aliphatic rings. The van der Waals surface area contributed by atoms with Crippen molar-refractivity contribution in [3.8, 4) is 6.07 Å². The molecule has 0 radical (unpaired) electrons. The van der Waals surface area contributed by atoms with Gasteiger partial charge in [-0.2, -0.15) is 5.26 Å². The Hall–Kier alpha value is -0.550. The zero-order valence-electron chi connectivity index (χ0n) is 9.42. The van der Waals surface area contributed by atoms with Gasteiger partial charge in [0.25, 0.3) is 0 Å². The van der Waals surface area contributed by atoms with Crippen molar-refractivity contribution in [1.29, 1.82) is 5.26 Å². The standard InChI is InChI=1S/C12H22N2/c1-10(2)14-12(9-13)11-7-5-3-4-6-8-11/h10-12,14H,3-8H2,1-2H3. The molecule has 1 aliphatic carbocycles. The molecule has 0 aliphatic heterocycles. The average molecular weight is 194 g/mol. The largest absolute Gasteiger partial charge is 0.299 e. The van der Waals surface area contributed by atoms with Crippen molar-refractivity contribution in [3.63, 3.8) is 0 Å². The Morgan fingerprint density at radius 3 is 2.14 bits per heavy atom. The lowest BCUT2D eigenvalue weighted by Crippen LogP contribution is -2.39. The fourth-order valence-corrected chi connectivity index (χ4v) is 2.28. The highest BCUT2D eigenvalue weighted by Gasteiger charge is 2.22. The number of nitrogens with one attached hydrogen (secondary N) is 1. The van der Waals surface area contributed by atoms with Crippen molar-refractivity contribution in [1.82, 2.24) is 5.32 Å². The smallest absolute Gasteiger partial charge is 0.0983 e. The predicted molar refractivity (Wildman–Crippen MR) is 58.9 cm³/mol. The molecule has 2 nitrogen and oxygen atoms in total. The van der Waals surface area contributed by atoms with E-state index in [4.69, 9.17) is 5.26 Å². The summed E-state index contributed by atoms with van der Waals surface area (Å²) in [6.07, 6.45) is 7.80. The van der Waals surface area contributed by atoms with E-state index in [0.29, 0.717) is 12.0 Å². The molecule has 0 aromatic rings. The van der Waals surface area contributed by atoms with Gasteiger partial charge < -0.3 is 0 Å². The van der Waals surface area contributed by atoms with Gasteiger partial charge in [0.05, 0.1) is 12.1 Å². The maximum absolute atomic E-state index is 9.11. The molecule has 80 valence electrons. The van der Waals surface area contributed by atoms with Gasteiger partial charge in [-0.15, -0.1) is 0 Å². The molecule has 0 amide bonds. The highest BCUT2D eigenvalue weighted by Crippen LogP contribution is 2.25. The minimum absolute atomic E-state index is 0.0769. The normalized spacial score (nSPS) is 21.6. The molecule has 1 atom stereocenters. The molecule has 0 aromatic heterocycles. The van der Waals surface area contributed by atoms with E-state index in [1.807, 2.05) is 0 Å². The van der Waals surface area contributed by atoms with E-state index in [0.717, 1.165) is 0 Å². The number of nitriles is 1. The van der Waals surface area contributed by atoms with Crippen molar-refractivity contribution in [2.45, 2.75) is 64.5 Å². The van der Waals surface area contributed by atoms with Gasteiger partial charge in [0.1, 0.15) is 0 Å². The third kappa shape index (κ3) is 3.67. The van der Waals surface area contributed by atoms with Crippen LogP contribution in [0, 0.1) is 17.2 Å². The summed E-state index contributed by atoms with van der Waals surface area (Å²) in [6, 6.07) is 2.92. The molecule has 2 heteroatoms. The Labute approximate surface area is 87.7 Å². The first kappa shape index (κ1) is 11.5. The fourth-order valence-electron chi connectivity index (χ4n) is 2.28. The van der Waals surface area contributed by atoms with Crippen molar-refractivity contribution in [2.75, 3.05) is 0 Å². The third-order valence-electron chi connectivity index (χ3n) is 3.02. The van der Waals surface area contributed by atoms with Gasteiger partial charge in [0.15, 0.2) is 0 Å². The second-order valence-electron chi connectivity index (χ2n) is 4.68. The van der Waals surface area contributed by atoms with E-state index in [1.165, 1.54) is 38.5 Å². The lowest BCUT2D eigenvalue weighted by atomic mass is 9.92. The summed E-state index contributed by atoms with van der Waals surface area (Å²) in [4.78, 5) is 0. The topological polar surface area (TPSA) is 35.8 Å². The first-order valence-electron chi connectivity index (χ1n) is 5.89. The van der Waals surface area contributed by atoms with Crippen molar-refractivity contribution >= 4 is 0 Å². The monoisotopic (exact) mass is 194 g/mol. The van der Waals surface area contributed by atoms with Crippen molar-refractivity contribution in [3.05, 3.63) is 0 Å². The summed E-state index contributed by atoms with van der Waals surface area (Å²) < 4.78 is 0. The summed E-state index contributed by atoms with van der Waals surface area (Å²) in [5.74, 6) is 0.588. The number of hydrogen-bond donors (Lipinski definition) is 1. The quantitative estimate of drug-likeness (QED) is 0.701. The van der Waals surface area contributed by atoms with Crippen LogP contribution in [0.15, 0.2) is 0 Å². The summed E-state index contributed by atoms with van der Waals surface area (Å²) in [5.41, 5.74) is 0. The van der Waals surface area contributed by atoms with Crippen molar-refractivity contribution < 1.29 is 0 Å². The van der Waals surface area contributed by atoms with Crippen LogP contribution in [-0.2, 0) is 0 Å². The first-order valence-corrected chi connectivity index (χ1v) is 5.89. The van der Waals surface area contributed by atoms with Crippen LogP contribution < -0.4 is 5.32 Å². The Morgan fingerprint density at radius 2 is 1.71 bits per heavy atom. The van der Waals surface area contributed by atoms with Crippen molar-refractivity contribution in [2.24, 2.45) is 5.92 Å². The first-order chi connectivity index (χ1) is 6.74. The maximum Gasteiger partial charge on any atom is 0.0983 e. The second kappa shape index (κ2) is 6.03. The lowest BCUT2D eigenvalue weighted by Gasteiger charge is -2.23. The predicted octanol–water partition coefficient (Wildman–Crippen LogP) is 2.85. The lowest BCUT2D eigenvalue weighted by molar-refractivity contribution is 0.352.